The van der Waals surface area contributed by atoms with Gasteiger partial charge in [-0.2, -0.15) is 0 Å². The van der Waals surface area contributed by atoms with Crippen molar-refractivity contribution in [3.63, 3.8) is 0 Å². The number of rotatable bonds is 9. The summed E-state index contributed by atoms with van der Waals surface area (Å²) in [4.78, 5) is 39.5. The highest BCUT2D eigenvalue weighted by atomic mass is 16.6. The Morgan fingerprint density at radius 1 is 0.680 bits per heavy atom. The Morgan fingerprint density at radius 3 is 1.52 bits per heavy atom. The van der Waals surface area contributed by atoms with Crippen molar-refractivity contribution in [1.82, 2.24) is 9.80 Å². The average Bonchev–Trinajstić information content (AvgIpc) is 3.11. The molecule has 0 aliphatic carbocycles. The zero-order valence-corrected chi connectivity index (χ0v) is 28.8. The molecule has 0 aromatic heterocycles. The van der Waals surface area contributed by atoms with Crippen molar-refractivity contribution in [1.29, 1.82) is 0 Å². The van der Waals surface area contributed by atoms with Crippen LogP contribution in [-0.2, 0) is 22.6 Å². The van der Waals surface area contributed by atoms with Crippen LogP contribution >= 0.6 is 0 Å². The van der Waals surface area contributed by atoms with Crippen molar-refractivity contribution in [3.8, 4) is 0 Å². The van der Waals surface area contributed by atoms with Crippen LogP contribution in [0.2, 0.25) is 0 Å². The van der Waals surface area contributed by atoms with Crippen molar-refractivity contribution >= 4 is 23.3 Å². The van der Waals surface area contributed by atoms with Gasteiger partial charge in [0.1, 0.15) is 12.2 Å². The summed E-state index contributed by atoms with van der Waals surface area (Å²) in [5, 5.41) is 10.9. The van der Waals surface area contributed by atoms with Crippen LogP contribution in [0.1, 0.15) is 68.7 Å². The lowest BCUT2D eigenvalue weighted by Crippen LogP contribution is -2.37. The maximum absolute atomic E-state index is 12.2. The average molecular weight is 679 g/mol. The highest BCUT2D eigenvalue weighted by Crippen LogP contribution is 2.21. The van der Waals surface area contributed by atoms with Gasteiger partial charge in [0.25, 0.3) is 5.69 Å². The van der Waals surface area contributed by atoms with Crippen LogP contribution in [0.4, 0.5) is 11.4 Å². The van der Waals surface area contributed by atoms with E-state index in [1.807, 2.05) is 74.5 Å². The third-order valence-corrected chi connectivity index (χ3v) is 9.08. The molecule has 4 aromatic carbocycles. The van der Waals surface area contributed by atoms with Gasteiger partial charge in [0, 0.05) is 57.1 Å². The molecular formula is C40H46N4O6. The summed E-state index contributed by atoms with van der Waals surface area (Å²) in [6.45, 7) is 9.01. The second kappa shape index (κ2) is 17.6. The number of benzene rings is 4. The summed E-state index contributed by atoms with van der Waals surface area (Å²) < 4.78 is 11.3. The van der Waals surface area contributed by atoms with Crippen LogP contribution in [-0.4, -0.2) is 65.0 Å². The van der Waals surface area contributed by atoms with Gasteiger partial charge in [0.05, 0.1) is 16.1 Å². The quantitative estimate of drug-likeness (QED) is 0.0852. The minimum atomic E-state index is -0.375. The molecule has 0 bridgehead atoms. The topological polar surface area (TPSA) is 128 Å². The van der Waals surface area contributed by atoms with Crippen molar-refractivity contribution < 1.29 is 24.0 Å². The molecule has 2 N–H and O–H groups in total. The second-order valence-corrected chi connectivity index (χ2v) is 13.2. The first kappa shape index (κ1) is 36.2. The third-order valence-electron chi connectivity index (χ3n) is 9.08. The number of ether oxygens (including phenoxy) is 2. The first-order valence-electron chi connectivity index (χ1n) is 17.2. The predicted molar refractivity (Wildman–Crippen MR) is 194 cm³/mol. The fourth-order valence-electron chi connectivity index (χ4n) is 6.16. The van der Waals surface area contributed by atoms with E-state index in [0.717, 1.165) is 80.8 Å². The summed E-state index contributed by atoms with van der Waals surface area (Å²) >= 11 is 0. The number of nitrogens with two attached hydrogens (primary N) is 1. The number of hydrogen-bond donors (Lipinski definition) is 1. The number of non-ortho nitro benzene ring substituents is 1. The molecule has 0 saturated carbocycles. The SMILES string of the molecule is Cc1ccc(C(=O)OC2CCN(Cc3cccc(N)c3)CC2)cc1.Cc1ccc(C(=O)OC2CCN(Cc3cccc([N+](=O)[O-])c3)CC2)cc1. The van der Waals surface area contributed by atoms with Gasteiger partial charge >= 0.3 is 11.9 Å². The Bertz CT molecular complexity index is 1730. The van der Waals surface area contributed by atoms with Crippen LogP contribution < -0.4 is 5.73 Å². The minimum Gasteiger partial charge on any atom is -0.459 e. The minimum absolute atomic E-state index is 0.0101. The Hall–Kier alpha value is -5.06. The normalized spacial score (nSPS) is 15.8. The molecule has 2 fully saturated rings. The maximum Gasteiger partial charge on any atom is 0.338 e. The summed E-state index contributed by atoms with van der Waals surface area (Å²) in [6.07, 6.45) is 3.22. The van der Waals surface area contributed by atoms with Crippen molar-refractivity contribution in [3.05, 3.63) is 141 Å². The molecule has 10 heteroatoms. The Labute approximate surface area is 293 Å². The van der Waals surface area contributed by atoms with Crippen LogP contribution in [0, 0.1) is 24.0 Å². The van der Waals surface area contributed by atoms with Crippen molar-refractivity contribution in [2.24, 2.45) is 0 Å². The van der Waals surface area contributed by atoms with E-state index in [-0.39, 0.29) is 34.8 Å². The van der Waals surface area contributed by atoms with Crippen LogP contribution in [0.5, 0.6) is 0 Å². The molecule has 6 rings (SSSR count). The summed E-state index contributed by atoms with van der Waals surface area (Å²) in [5.41, 5.74) is 12.4. The Balaban J connectivity index is 0.000000195. The van der Waals surface area contributed by atoms with Gasteiger partial charge in [-0.05, 0) is 87.1 Å². The number of aryl methyl sites for hydroxylation is 2. The molecule has 2 aliphatic rings. The molecule has 2 aliphatic heterocycles. The number of nitrogens with zero attached hydrogens (tertiary/aromatic N) is 3. The van der Waals surface area contributed by atoms with Gasteiger partial charge in [0.2, 0.25) is 0 Å². The van der Waals surface area contributed by atoms with Gasteiger partial charge in [0.15, 0.2) is 0 Å². The summed E-state index contributed by atoms with van der Waals surface area (Å²) in [7, 11) is 0. The molecule has 0 amide bonds. The highest BCUT2D eigenvalue weighted by Gasteiger charge is 2.24. The fourth-order valence-corrected chi connectivity index (χ4v) is 6.16. The lowest BCUT2D eigenvalue weighted by Gasteiger charge is -2.31. The van der Waals surface area contributed by atoms with E-state index in [0.29, 0.717) is 17.7 Å². The van der Waals surface area contributed by atoms with Gasteiger partial charge in [-0.3, -0.25) is 19.9 Å². The summed E-state index contributed by atoms with van der Waals surface area (Å²) in [6, 6.07) is 29.6. The number of esters is 2. The zero-order chi connectivity index (χ0) is 35.5. The van der Waals surface area contributed by atoms with Crippen molar-refractivity contribution in [2.75, 3.05) is 31.9 Å². The van der Waals surface area contributed by atoms with Crippen LogP contribution in [0.25, 0.3) is 0 Å². The number of carbonyl (C=O) groups is 2. The van der Waals surface area contributed by atoms with Gasteiger partial charge in [-0.1, -0.05) is 59.7 Å². The monoisotopic (exact) mass is 678 g/mol. The van der Waals surface area contributed by atoms with E-state index >= 15 is 0 Å². The number of piperidine rings is 2. The molecule has 4 aromatic rings. The van der Waals surface area contributed by atoms with Crippen LogP contribution in [0.3, 0.4) is 0 Å². The molecule has 10 nitrogen and oxygen atoms in total. The number of nitrogen functional groups attached to an aromatic ring is 1. The predicted octanol–water partition coefficient (Wildman–Crippen LogP) is 7.12. The lowest BCUT2D eigenvalue weighted by atomic mass is 10.1. The Morgan fingerprint density at radius 2 is 1.10 bits per heavy atom. The first-order valence-corrected chi connectivity index (χ1v) is 17.2. The molecule has 2 heterocycles. The lowest BCUT2D eigenvalue weighted by molar-refractivity contribution is -0.384. The smallest absolute Gasteiger partial charge is 0.338 e. The number of nitro groups is 1. The van der Waals surface area contributed by atoms with Gasteiger partial charge in [-0.25, -0.2) is 9.59 Å². The zero-order valence-electron chi connectivity index (χ0n) is 28.8. The summed E-state index contributed by atoms with van der Waals surface area (Å²) in [5.74, 6) is -0.494. The number of hydrogen-bond acceptors (Lipinski definition) is 9. The molecule has 50 heavy (non-hydrogen) atoms. The van der Waals surface area contributed by atoms with E-state index < -0.39 is 0 Å². The highest BCUT2D eigenvalue weighted by molar-refractivity contribution is 5.90. The largest absolute Gasteiger partial charge is 0.459 e. The maximum atomic E-state index is 12.2. The first-order chi connectivity index (χ1) is 24.1. The molecule has 262 valence electrons. The molecular weight excluding hydrogens is 632 g/mol. The van der Waals surface area contributed by atoms with Crippen LogP contribution in [0.15, 0.2) is 97.1 Å². The van der Waals surface area contributed by atoms with E-state index in [2.05, 4.69) is 15.9 Å². The van der Waals surface area contributed by atoms with Gasteiger partial charge in [-0.15, -0.1) is 0 Å². The van der Waals surface area contributed by atoms with E-state index in [1.165, 1.54) is 11.6 Å². The molecule has 0 atom stereocenters. The number of anilines is 1. The number of likely N-dealkylation sites (tertiary alicyclic amines) is 2. The fraction of sp³-hybridized carbons (Fsp3) is 0.350. The standard InChI is InChI=1S/C20H22N2O4.C20H24N2O2/c1-15-5-7-17(8-6-15)20(23)26-19-9-11-21(12-10-19)14-16-3-2-4-18(13-16)22(24)25;1-15-5-7-17(8-6-15)20(23)24-19-9-11-22(12-10-19)14-16-3-2-4-18(21)13-16/h2-8,13,19H,9-12,14H2,1H3;2-8,13,19H,9-12,14,21H2,1H3. The molecule has 0 unspecified atom stereocenters. The Kier molecular flexibility index (Phi) is 12.7. The number of carbonyl (C=O) groups excluding carboxylic acids is 2. The number of nitro benzene ring substituents is 1. The molecule has 2 saturated heterocycles. The van der Waals surface area contributed by atoms with E-state index in [1.54, 1.807) is 24.3 Å². The molecule has 0 radical (unpaired) electrons. The van der Waals surface area contributed by atoms with E-state index in [4.69, 9.17) is 15.2 Å². The molecule has 0 spiro atoms. The van der Waals surface area contributed by atoms with Crippen molar-refractivity contribution in [2.45, 2.75) is 64.8 Å². The van der Waals surface area contributed by atoms with E-state index in [9.17, 15) is 19.7 Å². The third kappa shape index (κ3) is 11.0. The van der Waals surface area contributed by atoms with Gasteiger partial charge < -0.3 is 15.2 Å². The second-order valence-electron chi connectivity index (χ2n) is 13.2.